The number of rotatable bonds is 5. The number of nitro benzene ring substituents is 1. The van der Waals surface area contributed by atoms with Gasteiger partial charge in [0.2, 0.25) is 5.89 Å². The fourth-order valence-electron chi connectivity index (χ4n) is 3.47. The van der Waals surface area contributed by atoms with Crippen LogP contribution in [-0.4, -0.2) is 51.1 Å². The van der Waals surface area contributed by atoms with Crippen molar-refractivity contribution in [2.75, 3.05) is 31.1 Å². The second-order valence-electron chi connectivity index (χ2n) is 6.90. The van der Waals surface area contributed by atoms with Gasteiger partial charge >= 0.3 is 0 Å². The van der Waals surface area contributed by atoms with Crippen molar-refractivity contribution in [3.8, 4) is 0 Å². The first kappa shape index (κ1) is 18.3. The summed E-state index contributed by atoms with van der Waals surface area (Å²) in [5.41, 5.74) is 0.841. The number of aromatic nitrogens is 3. The van der Waals surface area contributed by atoms with Crippen molar-refractivity contribution < 1.29 is 9.45 Å². The minimum Gasteiger partial charge on any atom is -0.354 e. The highest BCUT2D eigenvalue weighted by Crippen LogP contribution is 2.25. The summed E-state index contributed by atoms with van der Waals surface area (Å²) >= 11 is 0. The molecule has 1 saturated heterocycles. The number of non-ortho nitro benzene ring substituents is 1. The molecular weight excluding hydrogens is 360 g/mol. The van der Waals surface area contributed by atoms with Crippen LogP contribution in [0.4, 0.5) is 11.5 Å². The van der Waals surface area contributed by atoms with E-state index in [9.17, 15) is 10.1 Å². The largest absolute Gasteiger partial charge is 0.354 e. The number of nitrogens with zero attached hydrogens (tertiary/aromatic N) is 6. The van der Waals surface area contributed by atoms with Gasteiger partial charge in [-0.05, 0) is 25.1 Å². The van der Waals surface area contributed by atoms with Crippen molar-refractivity contribution in [3.05, 3.63) is 52.2 Å². The van der Waals surface area contributed by atoms with E-state index in [4.69, 9.17) is 4.52 Å². The molecule has 1 unspecified atom stereocenters. The normalized spacial score (nSPS) is 16.4. The SMILES string of the molecule is CCc1noc(C(C)N2CCN(c3ccc4cc([N+](=O)[O-])ccc4n3)CC2)n1. The quantitative estimate of drug-likeness (QED) is 0.490. The number of hydrogen-bond donors (Lipinski definition) is 0. The molecule has 0 amide bonds. The summed E-state index contributed by atoms with van der Waals surface area (Å²) in [5.74, 6) is 2.29. The Balaban J connectivity index is 1.44. The van der Waals surface area contributed by atoms with Crippen molar-refractivity contribution in [1.29, 1.82) is 0 Å². The van der Waals surface area contributed by atoms with E-state index in [1.54, 1.807) is 12.1 Å². The summed E-state index contributed by atoms with van der Waals surface area (Å²) in [6.45, 7) is 7.50. The van der Waals surface area contributed by atoms with Crippen molar-refractivity contribution in [1.82, 2.24) is 20.0 Å². The van der Waals surface area contributed by atoms with E-state index in [2.05, 4.69) is 31.8 Å². The fourth-order valence-corrected chi connectivity index (χ4v) is 3.47. The Morgan fingerprint density at radius 3 is 2.64 bits per heavy atom. The van der Waals surface area contributed by atoms with E-state index in [0.717, 1.165) is 55.1 Å². The Morgan fingerprint density at radius 1 is 1.18 bits per heavy atom. The minimum atomic E-state index is -0.388. The lowest BCUT2D eigenvalue weighted by Gasteiger charge is -2.37. The molecule has 0 bridgehead atoms. The Hall–Kier alpha value is -3.07. The van der Waals surface area contributed by atoms with E-state index in [1.165, 1.54) is 6.07 Å². The zero-order chi connectivity index (χ0) is 19.7. The second-order valence-corrected chi connectivity index (χ2v) is 6.90. The van der Waals surface area contributed by atoms with Crippen LogP contribution in [0.3, 0.4) is 0 Å². The molecule has 146 valence electrons. The van der Waals surface area contributed by atoms with Crippen LogP contribution in [0.15, 0.2) is 34.9 Å². The van der Waals surface area contributed by atoms with Crippen LogP contribution in [0.2, 0.25) is 0 Å². The summed E-state index contributed by atoms with van der Waals surface area (Å²) in [6.07, 6.45) is 0.765. The maximum atomic E-state index is 10.9. The summed E-state index contributed by atoms with van der Waals surface area (Å²) < 4.78 is 5.38. The topological polar surface area (TPSA) is 101 Å². The van der Waals surface area contributed by atoms with Gasteiger partial charge in [0.1, 0.15) is 5.82 Å². The summed E-state index contributed by atoms with van der Waals surface area (Å²) in [4.78, 5) is 24.2. The Bertz CT molecular complexity index is 996. The van der Waals surface area contributed by atoms with Gasteiger partial charge in [0, 0.05) is 50.1 Å². The molecule has 1 aliphatic heterocycles. The molecule has 1 aromatic carbocycles. The maximum absolute atomic E-state index is 10.9. The van der Waals surface area contributed by atoms with E-state index in [0.29, 0.717) is 5.89 Å². The lowest BCUT2D eigenvalue weighted by Crippen LogP contribution is -2.47. The molecule has 3 heterocycles. The third-order valence-corrected chi connectivity index (χ3v) is 5.21. The molecule has 2 aromatic heterocycles. The van der Waals surface area contributed by atoms with Crippen LogP contribution < -0.4 is 4.90 Å². The third kappa shape index (κ3) is 3.53. The molecule has 0 spiro atoms. The van der Waals surface area contributed by atoms with Gasteiger partial charge in [-0.1, -0.05) is 12.1 Å². The average Bonchev–Trinajstić information content (AvgIpc) is 3.22. The van der Waals surface area contributed by atoms with Gasteiger partial charge in [-0.15, -0.1) is 0 Å². The molecule has 28 heavy (non-hydrogen) atoms. The molecule has 9 nitrogen and oxygen atoms in total. The number of benzene rings is 1. The van der Waals surface area contributed by atoms with Gasteiger partial charge in [0.15, 0.2) is 5.82 Å². The van der Waals surface area contributed by atoms with Crippen LogP contribution in [0.1, 0.15) is 31.6 Å². The fraction of sp³-hybridized carbons (Fsp3) is 0.421. The van der Waals surface area contributed by atoms with Crippen LogP contribution in [-0.2, 0) is 6.42 Å². The van der Waals surface area contributed by atoms with E-state index in [-0.39, 0.29) is 16.7 Å². The van der Waals surface area contributed by atoms with E-state index < -0.39 is 0 Å². The minimum absolute atomic E-state index is 0.0805. The number of nitro groups is 1. The van der Waals surface area contributed by atoms with Crippen LogP contribution in [0.5, 0.6) is 0 Å². The summed E-state index contributed by atoms with van der Waals surface area (Å²) in [7, 11) is 0. The lowest BCUT2D eigenvalue weighted by molar-refractivity contribution is -0.384. The maximum Gasteiger partial charge on any atom is 0.270 e. The molecule has 4 rings (SSSR count). The number of anilines is 1. The molecule has 0 aliphatic carbocycles. The second kappa shape index (κ2) is 7.51. The zero-order valence-electron chi connectivity index (χ0n) is 15.9. The molecule has 1 aliphatic rings. The molecule has 1 atom stereocenters. The van der Waals surface area contributed by atoms with Crippen molar-refractivity contribution in [3.63, 3.8) is 0 Å². The standard InChI is InChI=1S/C19H22N6O3/c1-3-17-21-19(28-22-17)13(2)23-8-10-24(11-9-23)18-7-4-14-12-15(25(26)27)5-6-16(14)20-18/h4-7,12-13H,3,8-11H2,1-2H3. The predicted molar refractivity (Wildman–Crippen MR) is 104 cm³/mol. The Morgan fingerprint density at radius 2 is 1.96 bits per heavy atom. The van der Waals surface area contributed by atoms with Gasteiger partial charge in [-0.2, -0.15) is 4.98 Å². The highest BCUT2D eigenvalue weighted by molar-refractivity contribution is 5.82. The molecule has 0 N–H and O–H groups in total. The van der Waals surface area contributed by atoms with Gasteiger partial charge < -0.3 is 9.42 Å². The Kier molecular flexibility index (Phi) is 4.91. The van der Waals surface area contributed by atoms with Gasteiger partial charge in [0.25, 0.3) is 5.69 Å². The molecule has 3 aromatic rings. The highest BCUT2D eigenvalue weighted by atomic mass is 16.6. The monoisotopic (exact) mass is 382 g/mol. The first-order chi connectivity index (χ1) is 13.5. The van der Waals surface area contributed by atoms with Crippen LogP contribution in [0.25, 0.3) is 10.9 Å². The number of hydrogen-bond acceptors (Lipinski definition) is 8. The molecular formula is C19H22N6O3. The lowest BCUT2D eigenvalue weighted by atomic mass is 10.2. The summed E-state index contributed by atoms with van der Waals surface area (Å²) in [6, 6.07) is 8.66. The number of aryl methyl sites for hydroxylation is 1. The van der Waals surface area contributed by atoms with Gasteiger partial charge in [-0.3, -0.25) is 15.0 Å². The van der Waals surface area contributed by atoms with E-state index >= 15 is 0 Å². The third-order valence-electron chi connectivity index (χ3n) is 5.21. The number of piperazine rings is 1. The van der Waals surface area contributed by atoms with Crippen molar-refractivity contribution in [2.24, 2.45) is 0 Å². The number of fused-ring (bicyclic) bond motifs is 1. The van der Waals surface area contributed by atoms with Crippen LogP contribution >= 0.6 is 0 Å². The van der Waals surface area contributed by atoms with Crippen molar-refractivity contribution >= 4 is 22.4 Å². The predicted octanol–water partition coefficient (Wildman–Crippen LogP) is 2.97. The molecule has 9 heteroatoms. The smallest absolute Gasteiger partial charge is 0.270 e. The highest BCUT2D eigenvalue weighted by Gasteiger charge is 2.26. The zero-order valence-corrected chi connectivity index (χ0v) is 15.9. The van der Waals surface area contributed by atoms with Crippen molar-refractivity contribution in [2.45, 2.75) is 26.3 Å². The number of pyridine rings is 1. The molecule has 0 saturated carbocycles. The molecule has 0 radical (unpaired) electrons. The van der Waals surface area contributed by atoms with Gasteiger partial charge in [-0.25, -0.2) is 4.98 Å². The average molecular weight is 382 g/mol. The first-order valence-corrected chi connectivity index (χ1v) is 9.42. The van der Waals surface area contributed by atoms with Crippen LogP contribution in [0, 0.1) is 10.1 Å². The molecule has 1 fully saturated rings. The van der Waals surface area contributed by atoms with Gasteiger partial charge in [0.05, 0.1) is 16.5 Å². The first-order valence-electron chi connectivity index (χ1n) is 9.42. The van der Waals surface area contributed by atoms with E-state index in [1.807, 2.05) is 19.1 Å². The Labute approximate surface area is 162 Å². The summed E-state index contributed by atoms with van der Waals surface area (Å²) in [5, 5.41) is 15.7.